The summed E-state index contributed by atoms with van der Waals surface area (Å²) in [5.41, 5.74) is 3.65. The zero-order valence-corrected chi connectivity index (χ0v) is 11.1. The van der Waals surface area contributed by atoms with Crippen molar-refractivity contribution in [2.24, 2.45) is 0 Å². The molecule has 0 spiro atoms. The first kappa shape index (κ1) is 12.1. The van der Waals surface area contributed by atoms with Crippen molar-refractivity contribution in [3.63, 3.8) is 0 Å². The lowest BCUT2D eigenvalue weighted by atomic mass is 9.90. The summed E-state index contributed by atoms with van der Waals surface area (Å²) in [5, 5.41) is 3.51. The Morgan fingerprint density at radius 3 is 2.68 bits per heavy atom. The largest absolute Gasteiger partial charge is 0.493 e. The molecule has 3 rings (SSSR count). The maximum Gasteiger partial charge on any atom is 0.161 e. The Morgan fingerprint density at radius 1 is 1.21 bits per heavy atom. The number of benzene rings is 1. The van der Waals surface area contributed by atoms with E-state index in [4.69, 9.17) is 13.9 Å². The Balaban J connectivity index is 2.08. The molecule has 0 aliphatic carbocycles. The number of methoxy groups -OCH3 is 2. The Morgan fingerprint density at radius 2 is 2.00 bits per heavy atom. The van der Waals surface area contributed by atoms with E-state index in [1.807, 2.05) is 6.07 Å². The third kappa shape index (κ3) is 2.08. The molecule has 0 saturated heterocycles. The molecule has 2 heterocycles. The Bertz CT molecular complexity index is 563. The predicted octanol–water partition coefficient (Wildman–Crippen LogP) is 2.53. The van der Waals surface area contributed by atoms with Gasteiger partial charge in [0.2, 0.25) is 0 Å². The van der Waals surface area contributed by atoms with Crippen LogP contribution in [0.5, 0.6) is 11.5 Å². The standard InChI is InChI=1S/C15H17NO3/c1-17-13-7-10-3-5-16-15(11-4-6-19-9-11)12(10)8-14(13)18-2/h4,6-9,15-16H,3,5H2,1-2H3/t15-/m0/s1. The zero-order valence-electron chi connectivity index (χ0n) is 11.1. The van der Waals surface area contributed by atoms with Gasteiger partial charge in [0.05, 0.1) is 32.8 Å². The minimum atomic E-state index is 0.155. The summed E-state index contributed by atoms with van der Waals surface area (Å²) in [6.07, 6.45) is 4.47. The van der Waals surface area contributed by atoms with Crippen LogP contribution in [-0.4, -0.2) is 20.8 Å². The SMILES string of the molecule is COc1cc2c(cc1OC)[C@H](c1ccoc1)NCC2. The molecule has 1 aliphatic rings. The molecular weight excluding hydrogens is 242 g/mol. The van der Waals surface area contributed by atoms with Crippen LogP contribution < -0.4 is 14.8 Å². The quantitative estimate of drug-likeness (QED) is 0.920. The average Bonchev–Trinajstić information content (AvgIpc) is 2.99. The van der Waals surface area contributed by atoms with Crippen molar-refractivity contribution in [2.75, 3.05) is 20.8 Å². The molecular formula is C15H17NO3. The van der Waals surface area contributed by atoms with Crippen LogP contribution in [0.2, 0.25) is 0 Å². The van der Waals surface area contributed by atoms with Crippen LogP contribution in [0.1, 0.15) is 22.7 Å². The monoisotopic (exact) mass is 259 g/mol. The molecule has 100 valence electrons. The predicted molar refractivity (Wildman–Crippen MR) is 71.8 cm³/mol. The van der Waals surface area contributed by atoms with Gasteiger partial charge in [-0.3, -0.25) is 0 Å². The lowest BCUT2D eigenvalue weighted by Gasteiger charge is -2.27. The molecule has 0 saturated carbocycles. The van der Waals surface area contributed by atoms with Crippen LogP contribution in [0.3, 0.4) is 0 Å². The minimum absolute atomic E-state index is 0.155. The first-order valence-electron chi connectivity index (χ1n) is 6.33. The van der Waals surface area contributed by atoms with Crippen LogP contribution in [0.25, 0.3) is 0 Å². The van der Waals surface area contributed by atoms with Crippen LogP contribution in [0.15, 0.2) is 35.1 Å². The van der Waals surface area contributed by atoms with Gasteiger partial charge in [-0.25, -0.2) is 0 Å². The van der Waals surface area contributed by atoms with Crippen LogP contribution in [0.4, 0.5) is 0 Å². The maximum atomic E-state index is 5.39. The molecule has 1 aromatic heterocycles. The zero-order chi connectivity index (χ0) is 13.2. The number of rotatable bonds is 3. The topological polar surface area (TPSA) is 43.6 Å². The third-order valence-corrected chi connectivity index (χ3v) is 3.58. The minimum Gasteiger partial charge on any atom is -0.493 e. The second kappa shape index (κ2) is 4.97. The molecule has 0 amide bonds. The summed E-state index contributed by atoms with van der Waals surface area (Å²) in [7, 11) is 3.33. The van der Waals surface area contributed by atoms with E-state index in [0.717, 1.165) is 30.0 Å². The fourth-order valence-electron chi connectivity index (χ4n) is 2.62. The molecule has 0 unspecified atom stereocenters. The second-order valence-electron chi connectivity index (χ2n) is 4.60. The molecule has 0 radical (unpaired) electrons. The number of ether oxygens (including phenoxy) is 2. The number of nitrogens with one attached hydrogen (secondary N) is 1. The average molecular weight is 259 g/mol. The summed E-state index contributed by atoms with van der Waals surface area (Å²) < 4.78 is 15.9. The number of hydrogen-bond acceptors (Lipinski definition) is 4. The van der Waals surface area contributed by atoms with Gasteiger partial charge >= 0.3 is 0 Å². The molecule has 4 heteroatoms. The molecule has 4 nitrogen and oxygen atoms in total. The fourth-order valence-corrected chi connectivity index (χ4v) is 2.62. The van der Waals surface area contributed by atoms with E-state index in [2.05, 4.69) is 17.4 Å². The lowest BCUT2D eigenvalue weighted by Crippen LogP contribution is -2.30. The molecule has 0 bridgehead atoms. The highest BCUT2D eigenvalue weighted by molar-refractivity contribution is 5.51. The van der Waals surface area contributed by atoms with Crippen molar-refractivity contribution in [3.8, 4) is 11.5 Å². The Hall–Kier alpha value is -1.94. The van der Waals surface area contributed by atoms with Gasteiger partial charge < -0.3 is 19.2 Å². The van der Waals surface area contributed by atoms with Crippen molar-refractivity contribution < 1.29 is 13.9 Å². The molecule has 19 heavy (non-hydrogen) atoms. The van der Waals surface area contributed by atoms with Crippen molar-refractivity contribution in [2.45, 2.75) is 12.5 Å². The van der Waals surface area contributed by atoms with Gasteiger partial charge in [-0.2, -0.15) is 0 Å². The number of fused-ring (bicyclic) bond motifs is 1. The van der Waals surface area contributed by atoms with E-state index in [-0.39, 0.29) is 6.04 Å². The highest BCUT2D eigenvalue weighted by Gasteiger charge is 2.24. The Labute approximate surface area is 112 Å². The van der Waals surface area contributed by atoms with E-state index in [0.29, 0.717) is 0 Å². The highest BCUT2D eigenvalue weighted by atomic mass is 16.5. The summed E-state index contributed by atoms with van der Waals surface area (Å²) in [5.74, 6) is 1.55. The summed E-state index contributed by atoms with van der Waals surface area (Å²) >= 11 is 0. The van der Waals surface area contributed by atoms with Crippen LogP contribution in [0, 0.1) is 0 Å². The van der Waals surface area contributed by atoms with Crippen molar-refractivity contribution in [1.82, 2.24) is 5.32 Å². The van der Waals surface area contributed by atoms with Gasteiger partial charge in [0.15, 0.2) is 11.5 Å². The van der Waals surface area contributed by atoms with E-state index in [9.17, 15) is 0 Å². The molecule has 1 N–H and O–H groups in total. The highest BCUT2D eigenvalue weighted by Crippen LogP contribution is 2.37. The van der Waals surface area contributed by atoms with Crippen LogP contribution >= 0.6 is 0 Å². The normalized spacial score (nSPS) is 17.9. The second-order valence-corrected chi connectivity index (χ2v) is 4.60. The van der Waals surface area contributed by atoms with Crippen molar-refractivity contribution in [1.29, 1.82) is 0 Å². The maximum absolute atomic E-state index is 5.39. The first-order chi connectivity index (χ1) is 9.33. The van der Waals surface area contributed by atoms with Crippen LogP contribution in [-0.2, 0) is 6.42 Å². The van der Waals surface area contributed by atoms with E-state index >= 15 is 0 Å². The summed E-state index contributed by atoms with van der Waals surface area (Å²) in [6.45, 7) is 0.943. The first-order valence-corrected chi connectivity index (χ1v) is 6.33. The Kier molecular flexibility index (Phi) is 3.17. The number of hydrogen-bond donors (Lipinski definition) is 1. The molecule has 1 aromatic carbocycles. The summed E-state index contributed by atoms with van der Waals surface area (Å²) in [6, 6.07) is 6.27. The molecule has 0 fully saturated rings. The van der Waals surface area contributed by atoms with E-state index in [1.54, 1.807) is 26.7 Å². The van der Waals surface area contributed by atoms with Gasteiger partial charge in [0, 0.05) is 12.1 Å². The van der Waals surface area contributed by atoms with Gasteiger partial charge in [-0.05, 0) is 35.7 Å². The number of furan rings is 1. The lowest BCUT2D eigenvalue weighted by molar-refractivity contribution is 0.353. The van der Waals surface area contributed by atoms with Gasteiger partial charge in [-0.15, -0.1) is 0 Å². The van der Waals surface area contributed by atoms with Gasteiger partial charge in [0.1, 0.15) is 0 Å². The third-order valence-electron chi connectivity index (χ3n) is 3.58. The van der Waals surface area contributed by atoms with E-state index in [1.165, 1.54) is 11.1 Å². The van der Waals surface area contributed by atoms with Gasteiger partial charge in [-0.1, -0.05) is 0 Å². The van der Waals surface area contributed by atoms with E-state index < -0.39 is 0 Å². The van der Waals surface area contributed by atoms with Crippen molar-refractivity contribution in [3.05, 3.63) is 47.4 Å². The summed E-state index contributed by atoms with van der Waals surface area (Å²) in [4.78, 5) is 0. The fraction of sp³-hybridized carbons (Fsp3) is 0.333. The van der Waals surface area contributed by atoms with Gasteiger partial charge in [0.25, 0.3) is 0 Å². The van der Waals surface area contributed by atoms with Crippen molar-refractivity contribution >= 4 is 0 Å². The molecule has 1 aliphatic heterocycles. The molecule has 2 aromatic rings. The smallest absolute Gasteiger partial charge is 0.161 e. The molecule has 1 atom stereocenters.